The lowest BCUT2D eigenvalue weighted by atomic mass is 9.89. The van der Waals surface area contributed by atoms with Gasteiger partial charge in [0.15, 0.2) is 11.6 Å². The van der Waals surface area contributed by atoms with E-state index in [9.17, 15) is 9.18 Å². The van der Waals surface area contributed by atoms with Crippen LogP contribution in [0.5, 0.6) is 0 Å². The maximum absolute atomic E-state index is 14.1. The van der Waals surface area contributed by atoms with Gasteiger partial charge in [0.25, 0.3) is 5.91 Å². The van der Waals surface area contributed by atoms with Gasteiger partial charge in [-0.15, -0.1) is 0 Å². The number of pyridine rings is 1. The highest BCUT2D eigenvalue weighted by molar-refractivity contribution is 5.95. The van der Waals surface area contributed by atoms with E-state index >= 15 is 0 Å². The molecule has 0 unspecified atom stereocenters. The first-order chi connectivity index (χ1) is 9.63. The van der Waals surface area contributed by atoms with Crippen molar-refractivity contribution in [1.29, 1.82) is 0 Å². The molecule has 20 heavy (non-hydrogen) atoms. The van der Waals surface area contributed by atoms with E-state index in [-0.39, 0.29) is 17.3 Å². The van der Waals surface area contributed by atoms with Gasteiger partial charge in [-0.3, -0.25) is 4.79 Å². The molecule has 1 saturated carbocycles. The van der Waals surface area contributed by atoms with E-state index < -0.39 is 5.82 Å². The van der Waals surface area contributed by atoms with Gasteiger partial charge >= 0.3 is 0 Å². The second-order valence-electron chi connectivity index (χ2n) is 5.46. The van der Waals surface area contributed by atoms with Gasteiger partial charge in [-0.25, -0.2) is 9.37 Å². The number of hydrogen-bond donors (Lipinski definition) is 1. The Kier molecular flexibility index (Phi) is 4.93. The highest BCUT2D eigenvalue weighted by Gasteiger charge is 2.22. The molecule has 5 heteroatoms. The summed E-state index contributed by atoms with van der Waals surface area (Å²) in [6.07, 6.45) is 7.55. The SMILES string of the molecule is CNc1nccc(C(=O)N(C)CC2CCCCC2)c1F. The zero-order chi connectivity index (χ0) is 14.5. The van der Waals surface area contributed by atoms with Crippen LogP contribution in [0.25, 0.3) is 0 Å². The maximum atomic E-state index is 14.1. The molecule has 1 N–H and O–H groups in total. The predicted molar refractivity (Wildman–Crippen MR) is 77.3 cm³/mol. The van der Waals surface area contributed by atoms with Gasteiger partial charge in [-0.05, 0) is 24.8 Å². The van der Waals surface area contributed by atoms with Crippen molar-refractivity contribution in [1.82, 2.24) is 9.88 Å². The van der Waals surface area contributed by atoms with Crippen LogP contribution in [-0.2, 0) is 0 Å². The summed E-state index contributed by atoms with van der Waals surface area (Å²) in [5, 5.41) is 2.65. The third kappa shape index (κ3) is 3.26. The van der Waals surface area contributed by atoms with E-state index in [1.54, 1.807) is 19.0 Å². The van der Waals surface area contributed by atoms with Crippen LogP contribution in [0.15, 0.2) is 12.3 Å². The van der Waals surface area contributed by atoms with Crippen LogP contribution in [0.1, 0.15) is 42.5 Å². The number of rotatable bonds is 4. The molecule has 110 valence electrons. The molecule has 0 spiro atoms. The highest BCUT2D eigenvalue weighted by Crippen LogP contribution is 2.25. The van der Waals surface area contributed by atoms with Crippen LogP contribution < -0.4 is 5.32 Å². The van der Waals surface area contributed by atoms with Crippen molar-refractivity contribution in [3.8, 4) is 0 Å². The second-order valence-corrected chi connectivity index (χ2v) is 5.46. The lowest BCUT2D eigenvalue weighted by molar-refractivity contribution is 0.0756. The smallest absolute Gasteiger partial charge is 0.256 e. The molecule has 1 aromatic heterocycles. The molecule has 1 aliphatic carbocycles. The summed E-state index contributed by atoms with van der Waals surface area (Å²) in [6, 6.07) is 1.44. The normalized spacial score (nSPS) is 15.9. The molecule has 1 amide bonds. The van der Waals surface area contributed by atoms with Crippen molar-refractivity contribution >= 4 is 11.7 Å². The van der Waals surface area contributed by atoms with Crippen LogP contribution in [0.3, 0.4) is 0 Å². The predicted octanol–water partition coefficient (Wildman–Crippen LogP) is 2.91. The Hall–Kier alpha value is -1.65. The standard InChI is InChI=1S/C15H22FN3O/c1-17-14-13(16)12(8-9-18-14)15(20)19(2)10-11-6-4-3-5-7-11/h8-9,11H,3-7,10H2,1-2H3,(H,17,18). The van der Waals surface area contributed by atoms with Crippen molar-refractivity contribution in [2.75, 3.05) is 26.0 Å². The molecule has 0 saturated heterocycles. The fourth-order valence-corrected chi connectivity index (χ4v) is 2.83. The van der Waals surface area contributed by atoms with Crippen LogP contribution in [0, 0.1) is 11.7 Å². The minimum atomic E-state index is -0.574. The first-order valence-electron chi connectivity index (χ1n) is 7.21. The summed E-state index contributed by atoms with van der Waals surface area (Å²) in [6.45, 7) is 0.704. The zero-order valence-electron chi connectivity index (χ0n) is 12.2. The number of amides is 1. The van der Waals surface area contributed by atoms with Gasteiger partial charge in [0.1, 0.15) is 0 Å². The lowest BCUT2D eigenvalue weighted by Gasteiger charge is -2.27. The van der Waals surface area contributed by atoms with Gasteiger partial charge in [-0.2, -0.15) is 0 Å². The van der Waals surface area contributed by atoms with Gasteiger partial charge in [0.05, 0.1) is 5.56 Å². The molecule has 0 radical (unpaired) electrons. The Labute approximate surface area is 119 Å². The fraction of sp³-hybridized carbons (Fsp3) is 0.600. The molecule has 1 fully saturated rings. The average molecular weight is 279 g/mol. The summed E-state index contributed by atoms with van der Waals surface area (Å²) in [7, 11) is 3.33. The maximum Gasteiger partial charge on any atom is 0.256 e. The topological polar surface area (TPSA) is 45.2 Å². The highest BCUT2D eigenvalue weighted by atomic mass is 19.1. The van der Waals surface area contributed by atoms with Gasteiger partial charge in [-0.1, -0.05) is 19.3 Å². The van der Waals surface area contributed by atoms with E-state index in [1.165, 1.54) is 31.5 Å². The van der Waals surface area contributed by atoms with Crippen LogP contribution in [-0.4, -0.2) is 36.4 Å². The first kappa shape index (κ1) is 14.8. The second kappa shape index (κ2) is 6.68. The molecule has 0 bridgehead atoms. The minimum Gasteiger partial charge on any atom is -0.371 e. The number of nitrogens with one attached hydrogen (secondary N) is 1. The van der Waals surface area contributed by atoms with Gasteiger partial charge in [0.2, 0.25) is 0 Å². The minimum absolute atomic E-state index is 0.0858. The number of hydrogen-bond acceptors (Lipinski definition) is 3. The molecule has 2 rings (SSSR count). The monoisotopic (exact) mass is 279 g/mol. The number of halogens is 1. The molecule has 0 atom stereocenters. The molecule has 1 heterocycles. The number of nitrogens with zero attached hydrogens (tertiary/aromatic N) is 2. The first-order valence-corrected chi connectivity index (χ1v) is 7.21. The van der Waals surface area contributed by atoms with E-state index in [2.05, 4.69) is 10.3 Å². The Morgan fingerprint density at radius 2 is 2.15 bits per heavy atom. The molecular formula is C15H22FN3O. The molecule has 0 aromatic carbocycles. The third-order valence-electron chi connectivity index (χ3n) is 3.96. The van der Waals surface area contributed by atoms with E-state index in [0.717, 1.165) is 12.8 Å². The number of carbonyl (C=O) groups is 1. The van der Waals surface area contributed by atoms with E-state index in [1.807, 2.05) is 0 Å². The van der Waals surface area contributed by atoms with Gasteiger partial charge in [0, 0.05) is 26.8 Å². The summed E-state index contributed by atoms with van der Waals surface area (Å²) in [4.78, 5) is 17.8. The zero-order valence-corrected chi connectivity index (χ0v) is 12.2. The van der Waals surface area contributed by atoms with Crippen molar-refractivity contribution in [2.45, 2.75) is 32.1 Å². The van der Waals surface area contributed by atoms with E-state index in [0.29, 0.717) is 12.5 Å². The Morgan fingerprint density at radius 1 is 1.45 bits per heavy atom. The molecular weight excluding hydrogens is 257 g/mol. The van der Waals surface area contributed by atoms with Crippen molar-refractivity contribution < 1.29 is 9.18 Å². The van der Waals surface area contributed by atoms with Gasteiger partial charge < -0.3 is 10.2 Å². The summed E-state index contributed by atoms with van der Waals surface area (Å²) < 4.78 is 14.1. The molecule has 1 aromatic rings. The van der Waals surface area contributed by atoms with Crippen molar-refractivity contribution in [2.24, 2.45) is 5.92 Å². The number of carbonyl (C=O) groups excluding carboxylic acids is 1. The third-order valence-corrected chi connectivity index (χ3v) is 3.96. The average Bonchev–Trinajstić information content (AvgIpc) is 2.48. The van der Waals surface area contributed by atoms with Crippen molar-refractivity contribution in [3.63, 3.8) is 0 Å². The summed E-state index contributed by atoms with van der Waals surface area (Å²) >= 11 is 0. The Bertz CT molecular complexity index is 472. The number of aromatic nitrogens is 1. The molecule has 0 aliphatic heterocycles. The summed E-state index contributed by atoms with van der Waals surface area (Å²) in [5.74, 6) is -0.184. The number of anilines is 1. The van der Waals surface area contributed by atoms with E-state index in [4.69, 9.17) is 0 Å². The van der Waals surface area contributed by atoms with Crippen LogP contribution in [0.4, 0.5) is 10.2 Å². The molecule has 1 aliphatic rings. The Balaban J connectivity index is 2.06. The fourth-order valence-electron chi connectivity index (χ4n) is 2.83. The molecule has 4 nitrogen and oxygen atoms in total. The Morgan fingerprint density at radius 3 is 2.80 bits per heavy atom. The largest absolute Gasteiger partial charge is 0.371 e. The lowest BCUT2D eigenvalue weighted by Crippen LogP contribution is -2.33. The quantitative estimate of drug-likeness (QED) is 0.921. The van der Waals surface area contributed by atoms with Crippen LogP contribution in [0.2, 0.25) is 0 Å². The summed E-state index contributed by atoms with van der Waals surface area (Å²) in [5.41, 5.74) is 0.0858. The van der Waals surface area contributed by atoms with Crippen molar-refractivity contribution in [3.05, 3.63) is 23.6 Å². The van der Waals surface area contributed by atoms with Crippen LogP contribution >= 0.6 is 0 Å².